The van der Waals surface area contributed by atoms with Gasteiger partial charge in [0.1, 0.15) is 0 Å². The molecule has 4 heterocycles. The highest BCUT2D eigenvalue weighted by atomic mass is 79.9. The Labute approximate surface area is 167 Å². The van der Waals surface area contributed by atoms with Gasteiger partial charge < -0.3 is 14.7 Å². The first-order valence-corrected chi connectivity index (χ1v) is 10.2. The number of amides is 1. The molecule has 7 nitrogen and oxygen atoms in total. The molecule has 2 fully saturated rings. The van der Waals surface area contributed by atoms with Crippen molar-refractivity contribution in [2.24, 2.45) is 0 Å². The molecule has 0 saturated carbocycles. The fraction of sp³-hybridized carbons (Fsp3) is 0.474. The van der Waals surface area contributed by atoms with Crippen molar-refractivity contribution >= 4 is 33.5 Å². The van der Waals surface area contributed by atoms with Crippen LogP contribution in [0.5, 0.6) is 0 Å². The van der Waals surface area contributed by atoms with Crippen LogP contribution in [0.3, 0.4) is 0 Å². The van der Waals surface area contributed by atoms with Crippen molar-refractivity contribution < 1.29 is 4.79 Å². The Balaban J connectivity index is 1.35. The van der Waals surface area contributed by atoms with Gasteiger partial charge in [-0.1, -0.05) is 0 Å². The number of hydrogen-bond donors (Lipinski definition) is 0. The highest BCUT2D eigenvalue weighted by Crippen LogP contribution is 2.20. The van der Waals surface area contributed by atoms with Crippen LogP contribution >= 0.6 is 15.9 Å². The minimum absolute atomic E-state index is 0.0231. The summed E-state index contributed by atoms with van der Waals surface area (Å²) in [5.41, 5.74) is 0.614. The first kappa shape index (κ1) is 18.2. The molecule has 8 heteroatoms. The first-order valence-electron chi connectivity index (χ1n) is 9.44. The van der Waals surface area contributed by atoms with E-state index in [1.807, 2.05) is 17.0 Å². The van der Waals surface area contributed by atoms with E-state index < -0.39 is 0 Å². The lowest BCUT2D eigenvalue weighted by Crippen LogP contribution is -2.49. The molecule has 0 aliphatic carbocycles. The Hall–Kier alpha value is -2.22. The molecule has 0 aromatic carbocycles. The zero-order chi connectivity index (χ0) is 18.6. The summed E-state index contributed by atoms with van der Waals surface area (Å²) in [4.78, 5) is 23.1. The van der Waals surface area contributed by atoms with Gasteiger partial charge in [-0.05, 0) is 53.4 Å². The number of hydrogen-bond acceptors (Lipinski definition) is 6. The van der Waals surface area contributed by atoms with Gasteiger partial charge in [-0.2, -0.15) is 0 Å². The van der Waals surface area contributed by atoms with Gasteiger partial charge in [-0.25, -0.2) is 0 Å². The van der Waals surface area contributed by atoms with Crippen molar-refractivity contribution in [2.75, 3.05) is 49.1 Å². The maximum absolute atomic E-state index is 12.6. The number of aromatic nitrogens is 3. The summed E-state index contributed by atoms with van der Waals surface area (Å²) < 4.78 is 0.816. The van der Waals surface area contributed by atoms with Gasteiger partial charge in [0.25, 0.3) is 5.91 Å². The molecule has 0 spiro atoms. The van der Waals surface area contributed by atoms with Gasteiger partial charge in [-0.15, -0.1) is 10.2 Å². The largest absolute Gasteiger partial charge is 0.355 e. The number of pyridine rings is 1. The Kier molecular flexibility index (Phi) is 5.52. The summed E-state index contributed by atoms with van der Waals surface area (Å²) in [6.45, 7) is 4.98. The highest BCUT2D eigenvalue weighted by Gasteiger charge is 2.23. The third kappa shape index (κ3) is 4.21. The van der Waals surface area contributed by atoms with Gasteiger partial charge in [0.2, 0.25) is 0 Å². The van der Waals surface area contributed by atoms with Gasteiger partial charge in [0.05, 0.1) is 5.56 Å². The number of carbonyl (C=O) groups excluding carboxylic acids is 1. The van der Waals surface area contributed by atoms with Crippen LogP contribution in [0.4, 0.5) is 11.6 Å². The molecule has 0 atom stereocenters. The van der Waals surface area contributed by atoms with Gasteiger partial charge in [-0.3, -0.25) is 9.78 Å². The van der Waals surface area contributed by atoms with Crippen LogP contribution in [0.25, 0.3) is 0 Å². The minimum Gasteiger partial charge on any atom is -0.355 e. The zero-order valence-electron chi connectivity index (χ0n) is 15.2. The van der Waals surface area contributed by atoms with E-state index in [1.54, 1.807) is 12.4 Å². The van der Waals surface area contributed by atoms with E-state index in [2.05, 4.69) is 47.0 Å². The quantitative estimate of drug-likeness (QED) is 0.745. The van der Waals surface area contributed by atoms with Crippen molar-refractivity contribution in [3.05, 3.63) is 40.6 Å². The monoisotopic (exact) mass is 430 g/mol. The molecule has 4 rings (SSSR count). The van der Waals surface area contributed by atoms with Crippen LogP contribution in [0.2, 0.25) is 0 Å². The fourth-order valence-corrected chi connectivity index (χ4v) is 3.99. The number of nitrogens with zero attached hydrogens (tertiary/aromatic N) is 6. The molecule has 0 unspecified atom stereocenters. The highest BCUT2D eigenvalue weighted by molar-refractivity contribution is 9.10. The van der Waals surface area contributed by atoms with E-state index in [0.717, 1.165) is 42.3 Å². The normalized spacial score (nSPS) is 17.9. The van der Waals surface area contributed by atoms with Gasteiger partial charge >= 0.3 is 0 Å². The van der Waals surface area contributed by atoms with Crippen molar-refractivity contribution in [1.82, 2.24) is 20.1 Å². The summed E-state index contributed by atoms with van der Waals surface area (Å²) >= 11 is 3.37. The van der Waals surface area contributed by atoms with Crippen molar-refractivity contribution in [2.45, 2.75) is 19.3 Å². The van der Waals surface area contributed by atoms with E-state index in [1.165, 1.54) is 19.3 Å². The van der Waals surface area contributed by atoms with Crippen LogP contribution in [-0.2, 0) is 0 Å². The summed E-state index contributed by atoms with van der Waals surface area (Å²) in [6, 6.07) is 5.93. The Morgan fingerprint density at radius 3 is 2.07 bits per heavy atom. The second-order valence-electron chi connectivity index (χ2n) is 6.97. The fourth-order valence-electron chi connectivity index (χ4n) is 3.63. The SMILES string of the molecule is O=C(c1cncc(Br)c1)N1CCN(c2ccc(N3CCCCC3)nn2)CC1. The zero-order valence-corrected chi connectivity index (χ0v) is 16.8. The van der Waals surface area contributed by atoms with Crippen molar-refractivity contribution in [3.8, 4) is 0 Å². The average molecular weight is 431 g/mol. The van der Waals surface area contributed by atoms with Crippen LogP contribution in [-0.4, -0.2) is 65.3 Å². The molecule has 0 N–H and O–H groups in total. The average Bonchev–Trinajstić information content (AvgIpc) is 2.74. The molecule has 2 aromatic rings. The molecule has 0 bridgehead atoms. The Bertz CT molecular complexity index is 785. The second kappa shape index (κ2) is 8.21. The van der Waals surface area contributed by atoms with Crippen molar-refractivity contribution in [3.63, 3.8) is 0 Å². The van der Waals surface area contributed by atoms with Crippen LogP contribution < -0.4 is 9.80 Å². The third-order valence-corrected chi connectivity index (χ3v) is 5.59. The summed E-state index contributed by atoms with van der Waals surface area (Å²) in [7, 11) is 0. The standard InChI is InChI=1S/C19H23BrN6O/c20-16-12-15(13-21-14-16)19(27)26-10-8-25(9-11-26)18-5-4-17(22-23-18)24-6-2-1-3-7-24/h4-5,12-14H,1-3,6-11H2. The summed E-state index contributed by atoms with van der Waals surface area (Å²) in [5, 5.41) is 8.86. The third-order valence-electron chi connectivity index (χ3n) is 5.16. The molecule has 0 radical (unpaired) electrons. The smallest absolute Gasteiger partial charge is 0.255 e. The Morgan fingerprint density at radius 1 is 0.852 bits per heavy atom. The van der Waals surface area contributed by atoms with Crippen LogP contribution in [0.15, 0.2) is 35.1 Å². The number of piperazine rings is 1. The number of piperidine rings is 1. The lowest BCUT2D eigenvalue weighted by Gasteiger charge is -2.35. The van der Waals surface area contributed by atoms with Crippen LogP contribution in [0, 0.1) is 0 Å². The number of halogens is 1. The number of anilines is 2. The molecule has 2 saturated heterocycles. The molecular weight excluding hydrogens is 408 g/mol. The Morgan fingerprint density at radius 2 is 1.48 bits per heavy atom. The predicted molar refractivity (Wildman–Crippen MR) is 108 cm³/mol. The van der Waals surface area contributed by atoms with Crippen LogP contribution in [0.1, 0.15) is 29.6 Å². The maximum atomic E-state index is 12.6. The predicted octanol–water partition coefficient (Wildman–Crippen LogP) is 2.59. The molecule has 2 aliphatic rings. The molecule has 142 valence electrons. The lowest BCUT2D eigenvalue weighted by atomic mass is 10.1. The lowest BCUT2D eigenvalue weighted by molar-refractivity contribution is 0.0746. The maximum Gasteiger partial charge on any atom is 0.255 e. The number of carbonyl (C=O) groups is 1. The summed E-state index contributed by atoms with van der Waals surface area (Å²) in [6.07, 6.45) is 7.06. The molecule has 2 aliphatic heterocycles. The van der Waals surface area contributed by atoms with E-state index in [4.69, 9.17) is 0 Å². The van der Waals surface area contributed by atoms with E-state index in [9.17, 15) is 4.79 Å². The molecule has 27 heavy (non-hydrogen) atoms. The summed E-state index contributed by atoms with van der Waals surface area (Å²) in [5.74, 6) is 1.87. The van der Waals surface area contributed by atoms with Gasteiger partial charge in [0.15, 0.2) is 11.6 Å². The number of rotatable bonds is 3. The topological polar surface area (TPSA) is 65.5 Å². The van der Waals surface area contributed by atoms with E-state index in [-0.39, 0.29) is 5.91 Å². The minimum atomic E-state index is 0.0231. The first-order chi connectivity index (χ1) is 13.2. The molecule has 1 amide bonds. The van der Waals surface area contributed by atoms with Gasteiger partial charge in [0, 0.05) is 56.1 Å². The van der Waals surface area contributed by atoms with Crippen molar-refractivity contribution in [1.29, 1.82) is 0 Å². The second-order valence-corrected chi connectivity index (χ2v) is 7.88. The van der Waals surface area contributed by atoms with E-state index in [0.29, 0.717) is 18.7 Å². The molecular formula is C19H23BrN6O. The van der Waals surface area contributed by atoms with E-state index >= 15 is 0 Å². The molecule has 2 aromatic heterocycles.